The molecule has 0 bridgehead atoms. The van der Waals surface area contributed by atoms with E-state index in [1.165, 1.54) is 12.1 Å². The molecule has 1 aliphatic heterocycles. The fourth-order valence-corrected chi connectivity index (χ4v) is 3.22. The van der Waals surface area contributed by atoms with Crippen molar-refractivity contribution in [1.82, 2.24) is 5.32 Å². The summed E-state index contributed by atoms with van der Waals surface area (Å²) < 4.78 is 19.2. The van der Waals surface area contributed by atoms with Gasteiger partial charge in [-0.15, -0.1) is 0 Å². The minimum absolute atomic E-state index is 0.243. The molecule has 0 saturated heterocycles. The lowest BCUT2D eigenvalue weighted by Crippen LogP contribution is -2.18. The number of halogens is 1. The van der Waals surface area contributed by atoms with Crippen LogP contribution in [0.15, 0.2) is 47.4 Å². The maximum absolute atomic E-state index is 13.3. The monoisotopic (exact) mass is 336 g/mol. The van der Waals surface area contributed by atoms with Crippen molar-refractivity contribution in [3.05, 3.63) is 59.9 Å². The maximum Gasteiger partial charge on any atom is 0.255 e. The van der Waals surface area contributed by atoms with E-state index >= 15 is 0 Å². The zero-order valence-corrected chi connectivity index (χ0v) is 13.8. The van der Waals surface area contributed by atoms with Gasteiger partial charge in [0.15, 0.2) is 0 Å². The summed E-state index contributed by atoms with van der Waals surface area (Å²) in [6.45, 7) is 4.94. The second-order valence-electron chi connectivity index (χ2n) is 6.07. The Morgan fingerprint density at radius 3 is 2.76 bits per heavy atom. The Kier molecular flexibility index (Phi) is 3.57. The summed E-state index contributed by atoms with van der Waals surface area (Å²) in [5, 5.41) is 6.72. The first kappa shape index (κ1) is 15.4. The smallest absolute Gasteiger partial charge is 0.255 e. The fourth-order valence-electron chi connectivity index (χ4n) is 3.22. The molecule has 2 N–H and O–H groups in total. The van der Waals surface area contributed by atoms with Gasteiger partial charge in [0.1, 0.15) is 17.2 Å². The number of nitrogens with one attached hydrogen (secondary N) is 2. The largest absolute Gasteiger partial charge is 0.455 e. The van der Waals surface area contributed by atoms with Crippen LogP contribution in [0.3, 0.4) is 0 Å². The molecular formula is C20H17FN2O2. The molecule has 0 radical (unpaired) electrons. The third kappa shape index (κ3) is 2.48. The molecule has 0 spiro atoms. The molecule has 0 fully saturated rings. The highest BCUT2D eigenvalue weighted by Crippen LogP contribution is 2.39. The van der Waals surface area contributed by atoms with Crippen molar-refractivity contribution in [1.29, 1.82) is 0 Å². The van der Waals surface area contributed by atoms with Gasteiger partial charge in [0, 0.05) is 41.9 Å². The Morgan fingerprint density at radius 2 is 2.04 bits per heavy atom. The third-order valence-corrected chi connectivity index (χ3v) is 4.51. The average Bonchev–Trinajstić information content (AvgIpc) is 2.99. The molecule has 2 heterocycles. The zero-order valence-electron chi connectivity index (χ0n) is 13.8. The van der Waals surface area contributed by atoms with E-state index in [4.69, 9.17) is 4.42 Å². The van der Waals surface area contributed by atoms with Crippen LogP contribution in [-0.4, -0.2) is 19.5 Å². The summed E-state index contributed by atoms with van der Waals surface area (Å²) in [6, 6.07) is 9.76. The van der Waals surface area contributed by atoms with Gasteiger partial charge in [-0.05, 0) is 42.3 Å². The average molecular weight is 336 g/mol. The van der Waals surface area contributed by atoms with Crippen LogP contribution in [0.4, 0.5) is 10.1 Å². The second kappa shape index (κ2) is 5.77. The number of rotatable bonds is 2. The van der Waals surface area contributed by atoms with Gasteiger partial charge in [0.2, 0.25) is 0 Å². The first-order valence-electron chi connectivity index (χ1n) is 8.09. The van der Waals surface area contributed by atoms with Crippen molar-refractivity contribution < 1.29 is 13.6 Å². The van der Waals surface area contributed by atoms with E-state index in [9.17, 15) is 9.18 Å². The van der Waals surface area contributed by atoms with Gasteiger partial charge in [-0.3, -0.25) is 4.79 Å². The second-order valence-corrected chi connectivity index (χ2v) is 6.07. The van der Waals surface area contributed by atoms with E-state index in [0.717, 1.165) is 35.2 Å². The van der Waals surface area contributed by atoms with Gasteiger partial charge < -0.3 is 15.1 Å². The van der Waals surface area contributed by atoms with Crippen molar-refractivity contribution in [3.8, 4) is 11.3 Å². The standard InChI is InChI=1S/C20H17FN2O2/c1-11-7-8-23-16-10-17-15(9-14(11)16)18(20(24)22-2)19(25-17)12-3-5-13(21)6-4-12/h3-6,9-10,23H,1,7-8H2,2H3,(H,22,24). The van der Waals surface area contributed by atoms with Crippen LogP contribution in [0.5, 0.6) is 0 Å². The minimum Gasteiger partial charge on any atom is -0.455 e. The molecule has 0 unspecified atom stereocenters. The molecule has 126 valence electrons. The van der Waals surface area contributed by atoms with Crippen LogP contribution in [-0.2, 0) is 0 Å². The van der Waals surface area contributed by atoms with Gasteiger partial charge in [-0.2, -0.15) is 0 Å². The van der Waals surface area contributed by atoms with Crippen molar-refractivity contribution in [2.45, 2.75) is 6.42 Å². The van der Waals surface area contributed by atoms with Gasteiger partial charge >= 0.3 is 0 Å². The highest BCUT2D eigenvalue weighted by atomic mass is 19.1. The van der Waals surface area contributed by atoms with Crippen molar-refractivity contribution >= 4 is 28.1 Å². The molecule has 0 aliphatic carbocycles. The van der Waals surface area contributed by atoms with Gasteiger partial charge in [-0.1, -0.05) is 6.58 Å². The normalized spacial score (nSPS) is 13.4. The molecule has 1 amide bonds. The Bertz CT molecular complexity index is 1000. The number of fused-ring (bicyclic) bond motifs is 2. The molecule has 1 aromatic heterocycles. The van der Waals surface area contributed by atoms with Crippen LogP contribution >= 0.6 is 0 Å². The number of carbonyl (C=O) groups excluding carboxylic acids is 1. The van der Waals surface area contributed by atoms with Gasteiger partial charge in [0.05, 0.1) is 5.56 Å². The quantitative estimate of drug-likeness (QED) is 0.728. The van der Waals surface area contributed by atoms with Crippen molar-refractivity contribution in [2.75, 3.05) is 18.9 Å². The lowest BCUT2D eigenvalue weighted by molar-refractivity contribution is 0.0964. The van der Waals surface area contributed by atoms with Crippen LogP contribution in [0.2, 0.25) is 0 Å². The molecule has 2 aromatic carbocycles. The summed E-state index contributed by atoms with van der Waals surface area (Å²) in [7, 11) is 1.58. The first-order chi connectivity index (χ1) is 12.1. The Labute approximate surface area is 144 Å². The topological polar surface area (TPSA) is 54.3 Å². The number of hydrogen-bond acceptors (Lipinski definition) is 3. The highest BCUT2D eigenvalue weighted by molar-refractivity contribution is 6.12. The number of carbonyl (C=O) groups is 1. The predicted molar refractivity (Wildman–Crippen MR) is 97.1 cm³/mol. The number of anilines is 1. The SMILES string of the molecule is C=C1CCNc2cc3oc(-c4ccc(F)cc4)c(C(=O)NC)c3cc21. The molecule has 4 rings (SSSR count). The van der Waals surface area contributed by atoms with Gasteiger partial charge in [0.25, 0.3) is 5.91 Å². The van der Waals surface area contributed by atoms with Crippen LogP contribution in [0.1, 0.15) is 22.3 Å². The molecule has 0 saturated carbocycles. The van der Waals surface area contributed by atoms with Crippen LogP contribution in [0.25, 0.3) is 27.9 Å². The van der Waals surface area contributed by atoms with Crippen molar-refractivity contribution in [2.24, 2.45) is 0 Å². The Morgan fingerprint density at radius 1 is 1.28 bits per heavy atom. The first-order valence-corrected chi connectivity index (χ1v) is 8.09. The van der Waals surface area contributed by atoms with Crippen LogP contribution in [0, 0.1) is 5.82 Å². The van der Waals surface area contributed by atoms with E-state index in [1.807, 2.05) is 12.1 Å². The number of amides is 1. The molecule has 1 aliphatic rings. The maximum atomic E-state index is 13.3. The summed E-state index contributed by atoms with van der Waals surface area (Å²) in [5.41, 5.74) is 4.69. The summed E-state index contributed by atoms with van der Waals surface area (Å²) in [6.07, 6.45) is 0.858. The summed E-state index contributed by atoms with van der Waals surface area (Å²) in [4.78, 5) is 12.5. The van der Waals surface area contributed by atoms with E-state index in [2.05, 4.69) is 17.2 Å². The fraction of sp³-hybridized carbons (Fsp3) is 0.150. The predicted octanol–water partition coefficient (Wildman–Crippen LogP) is 4.43. The number of benzene rings is 2. The molecule has 5 heteroatoms. The van der Waals surface area contributed by atoms with E-state index < -0.39 is 0 Å². The Hall–Kier alpha value is -3.08. The Balaban J connectivity index is 2.00. The molecular weight excluding hydrogens is 319 g/mol. The molecule has 25 heavy (non-hydrogen) atoms. The zero-order chi connectivity index (χ0) is 17.6. The van der Waals surface area contributed by atoms with Gasteiger partial charge in [-0.25, -0.2) is 4.39 Å². The van der Waals surface area contributed by atoms with E-state index in [-0.39, 0.29) is 11.7 Å². The number of hydrogen-bond donors (Lipinski definition) is 2. The van der Waals surface area contributed by atoms with Crippen molar-refractivity contribution in [3.63, 3.8) is 0 Å². The third-order valence-electron chi connectivity index (χ3n) is 4.51. The molecule has 0 atom stereocenters. The minimum atomic E-state index is -0.336. The lowest BCUT2D eigenvalue weighted by atomic mass is 9.95. The molecule has 3 aromatic rings. The number of furan rings is 1. The van der Waals surface area contributed by atoms with E-state index in [0.29, 0.717) is 22.5 Å². The van der Waals surface area contributed by atoms with Crippen LogP contribution < -0.4 is 10.6 Å². The molecule has 4 nitrogen and oxygen atoms in total. The summed E-state index contributed by atoms with van der Waals surface area (Å²) in [5.74, 6) is -0.146. The highest BCUT2D eigenvalue weighted by Gasteiger charge is 2.24. The van der Waals surface area contributed by atoms with E-state index in [1.54, 1.807) is 19.2 Å². The lowest BCUT2D eigenvalue weighted by Gasteiger charge is -2.19. The summed E-state index contributed by atoms with van der Waals surface area (Å²) >= 11 is 0.